The minimum absolute atomic E-state index is 0.815. The number of rotatable bonds is 4. The standard InChI is InChI=1S/C28H19N5/c1-2-10-25-24(9-1)32-28(33-25)20-13-11-19(12-14-20)21-17-26(22-7-3-5-15-29-22)31-27(18-21)23-8-4-6-16-30-23/h1-18H,(H,32,33). The summed E-state index contributed by atoms with van der Waals surface area (Å²) in [6, 6.07) is 32.3. The molecule has 5 heteroatoms. The number of hydrogen-bond acceptors (Lipinski definition) is 4. The molecule has 4 heterocycles. The van der Waals surface area contributed by atoms with E-state index in [0.717, 1.165) is 56.3 Å². The average molecular weight is 425 g/mol. The summed E-state index contributed by atoms with van der Waals surface area (Å²) in [6.45, 7) is 0. The van der Waals surface area contributed by atoms with Gasteiger partial charge in [-0.05, 0) is 59.7 Å². The van der Waals surface area contributed by atoms with Crippen LogP contribution in [0.1, 0.15) is 0 Å². The lowest BCUT2D eigenvalue weighted by Gasteiger charge is -2.10. The molecule has 0 radical (unpaired) electrons. The van der Waals surface area contributed by atoms with Crippen molar-refractivity contribution >= 4 is 11.0 Å². The second-order valence-electron chi connectivity index (χ2n) is 7.74. The van der Waals surface area contributed by atoms with E-state index in [0.29, 0.717) is 0 Å². The van der Waals surface area contributed by atoms with Gasteiger partial charge in [-0.15, -0.1) is 0 Å². The van der Waals surface area contributed by atoms with Crippen molar-refractivity contribution in [3.63, 3.8) is 0 Å². The summed E-state index contributed by atoms with van der Waals surface area (Å²) in [5, 5.41) is 0. The molecule has 0 saturated heterocycles. The van der Waals surface area contributed by atoms with Crippen LogP contribution >= 0.6 is 0 Å². The normalized spacial score (nSPS) is 11.0. The SMILES string of the molecule is c1ccc(-c2cc(-c3ccc(-c4nc5ccccc5[nH]4)cc3)cc(-c3ccccn3)n2)nc1. The van der Waals surface area contributed by atoms with Crippen LogP contribution in [0.2, 0.25) is 0 Å². The van der Waals surface area contributed by atoms with E-state index in [9.17, 15) is 0 Å². The minimum Gasteiger partial charge on any atom is -0.338 e. The first-order valence-corrected chi connectivity index (χ1v) is 10.7. The lowest BCUT2D eigenvalue weighted by atomic mass is 10.0. The molecule has 156 valence electrons. The molecule has 0 aliphatic heterocycles. The second-order valence-corrected chi connectivity index (χ2v) is 7.74. The summed E-state index contributed by atoms with van der Waals surface area (Å²) in [7, 11) is 0. The molecule has 0 atom stereocenters. The van der Waals surface area contributed by atoms with Crippen LogP contribution in [-0.2, 0) is 0 Å². The van der Waals surface area contributed by atoms with Gasteiger partial charge in [0, 0.05) is 18.0 Å². The summed E-state index contributed by atoms with van der Waals surface area (Å²) in [4.78, 5) is 21.9. The Morgan fingerprint density at radius 2 is 1.09 bits per heavy atom. The quantitative estimate of drug-likeness (QED) is 0.354. The smallest absolute Gasteiger partial charge is 0.138 e. The highest BCUT2D eigenvalue weighted by atomic mass is 14.9. The summed E-state index contributed by atoms with van der Waals surface area (Å²) in [6.07, 6.45) is 3.57. The van der Waals surface area contributed by atoms with Crippen molar-refractivity contribution in [3.05, 3.63) is 109 Å². The first-order valence-electron chi connectivity index (χ1n) is 10.7. The Labute approximate surface area is 190 Å². The predicted molar refractivity (Wildman–Crippen MR) is 131 cm³/mol. The van der Waals surface area contributed by atoms with Gasteiger partial charge in [0.05, 0.1) is 33.8 Å². The third-order valence-electron chi connectivity index (χ3n) is 5.56. The minimum atomic E-state index is 0.815. The van der Waals surface area contributed by atoms with Crippen LogP contribution in [0.3, 0.4) is 0 Å². The van der Waals surface area contributed by atoms with Gasteiger partial charge in [0.1, 0.15) is 5.82 Å². The Morgan fingerprint density at radius 1 is 0.485 bits per heavy atom. The zero-order chi connectivity index (χ0) is 22.0. The van der Waals surface area contributed by atoms with Crippen LogP contribution in [0.5, 0.6) is 0 Å². The van der Waals surface area contributed by atoms with Crippen LogP contribution < -0.4 is 0 Å². The van der Waals surface area contributed by atoms with E-state index in [2.05, 4.69) is 51.4 Å². The summed E-state index contributed by atoms with van der Waals surface area (Å²) >= 11 is 0. The number of aromatic nitrogens is 5. The fourth-order valence-corrected chi connectivity index (χ4v) is 3.90. The average Bonchev–Trinajstić information content (AvgIpc) is 3.34. The number of nitrogens with zero attached hydrogens (tertiary/aromatic N) is 4. The maximum absolute atomic E-state index is 4.85. The molecule has 6 rings (SSSR count). The molecule has 33 heavy (non-hydrogen) atoms. The molecule has 0 unspecified atom stereocenters. The summed E-state index contributed by atoms with van der Waals surface area (Å²) < 4.78 is 0. The van der Waals surface area contributed by atoms with Crippen LogP contribution in [0.25, 0.3) is 56.3 Å². The summed E-state index contributed by atoms with van der Waals surface area (Å²) in [5.41, 5.74) is 8.47. The molecule has 4 aromatic heterocycles. The molecule has 5 nitrogen and oxygen atoms in total. The van der Waals surface area contributed by atoms with Gasteiger partial charge < -0.3 is 4.98 Å². The molecular weight excluding hydrogens is 406 g/mol. The van der Waals surface area contributed by atoms with Crippen molar-refractivity contribution < 1.29 is 0 Å². The Hall–Kier alpha value is -4.64. The molecule has 0 fully saturated rings. The van der Waals surface area contributed by atoms with Crippen LogP contribution in [0, 0.1) is 0 Å². The highest BCUT2D eigenvalue weighted by Gasteiger charge is 2.11. The van der Waals surface area contributed by atoms with E-state index in [4.69, 9.17) is 9.97 Å². The van der Waals surface area contributed by atoms with Gasteiger partial charge in [-0.2, -0.15) is 0 Å². The zero-order valence-corrected chi connectivity index (χ0v) is 17.7. The van der Waals surface area contributed by atoms with Crippen LogP contribution in [0.15, 0.2) is 109 Å². The number of benzene rings is 2. The van der Waals surface area contributed by atoms with Gasteiger partial charge in [-0.1, -0.05) is 48.5 Å². The van der Waals surface area contributed by atoms with Gasteiger partial charge in [0.2, 0.25) is 0 Å². The zero-order valence-electron chi connectivity index (χ0n) is 17.7. The maximum atomic E-state index is 4.85. The van der Waals surface area contributed by atoms with Gasteiger partial charge >= 0.3 is 0 Å². The van der Waals surface area contributed by atoms with Gasteiger partial charge in [0.25, 0.3) is 0 Å². The third kappa shape index (κ3) is 3.77. The molecule has 0 aliphatic carbocycles. The van der Waals surface area contributed by atoms with Gasteiger partial charge in [-0.3, -0.25) is 9.97 Å². The number of imidazole rings is 1. The Balaban J connectivity index is 1.43. The van der Waals surface area contributed by atoms with E-state index in [1.54, 1.807) is 12.4 Å². The highest BCUT2D eigenvalue weighted by Crippen LogP contribution is 2.30. The number of hydrogen-bond donors (Lipinski definition) is 1. The molecule has 0 spiro atoms. The lowest BCUT2D eigenvalue weighted by Crippen LogP contribution is -1.94. The van der Waals surface area contributed by atoms with Crippen molar-refractivity contribution in [1.29, 1.82) is 0 Å². The van der Waals surface area contributed by atoms with E-state index >= 15 is 0 Å². The number of aromatic amines is 1. The van der Waals surface area contributed by atoms with Crippen molar-refractivity contribution in [3.8, 4) is 45.3 Å². The lowest BCUT2D eigenvalue weighted by molar-refractivity contribution is 1.22. The van der Waals surface area contributed by atoms with E-state index in [1.165, 1.54) is 0 Å². The molecular formula is C28H19N5. The van der Waals surface area contributed by atoms with Crippen LogP contribution in [0.4, 0.5) is 0 Å². The third-order valence-corrected chi connectivity index (χ3v) is 5.56. The molecule has 0 amide bonds. The maximum Gasteiger partial charge on any atom is 0.138 e. The molecule has 0 aliphatic rings. The van der Waals surface area contributed by atoms with Crippen LogP contribution in [-0.4, -0.2) is 24.9 Å². The molecule has 1 N–H and O–H groups in total. The predicted octanol–water partition coefficient (Wildman–Crippen LogP) is 6.42. The number of pyridine rings is 3. The van der Waals surface area contributed by atoms with E-state index in [1.807, 2.05) is 60.7 Å². The number of H-pyrrole nitrogens is 1. The molecule has 6 aromatic rings. The van der Waals surface area contributed by atoms with Gasteiger partial charge in [0.15, 0.2) is 0 Å². The Bertz CT molecular complexity index is 1450. The van der Waals surface area contributed by atoms with E-state index < -0.39 is 0 Å². The topological polar surface area (TPSA) is 67.3 Å². The van der Waals surface area contributed by atoms with Crippen molar-refractivity contribution in [1.82, 2.24) is 24.9 Å². The number of fused-ring (bicyclic) bond motifs is 1. The largest absolute Gasteiger partial charge is 0.338 e. The first-order chi connectivity index (χ1) is 16.3. The molecule has 0 saturated carbocycles. The fourth-order valence-electron chi connectivity index (χ4n) is 3.90. The first kappa shape index (κ1) is 19.1. The number of para-hydroxylation sites is 2. The number of nitrogens with one attached hydrogen (secondary N) is 1. The highest BCUT2D eigenvalue weighted by molar-refractivity contribution is 5.80. The van der Waals surface area contributed by atoms with Crippen molar-refractivity contribution in [2.24, 2.45) is 0 Å². The monoisotopic (exact) mass is 425 g/mol. The van der Waals surface area contributed by atoms with Gasteiger partial charge in [-0.25, -0.2) is 9.97 Å². The Kier molecular flexibility index (Phi) is 4.70. The molecule has 0 bridgehead atoms. The van der Waals surface area contributed by atoms with Crippen molar-refractivity contribution in [2.45, 2.75) is 0 Å². The second kappa shape index (κ2) is 8.13. The summed E-state index contributed by atoms with van der Waals surface area (Å²) in [5.74, 6) is 0.862. The van der Waals surface area contributed by atoms with Crippen molar-refractivity contribution in [2.75, 3.05) is 0 Å². The fraction of sp³-hybridized carbons (Fsp3) is 0. The van der Waals surface area contributed by atoms with E-state index in [-0.39, 0.29) is 0 Å². The Morgan fingerprint density at radius 3 is 1.70 bits per heavy atom. The molecule has 2 aromatic carbocycles.